The van der Waals surface area contributed by atoms with E-state index < -0.39 is 11.7 Å². The Morgan fingerprint density at radius 1 is 1.36 bits per heavy atom. The van der Waals surface area contributed by atoms with E-state index in [2.05, 4.69) is 11.9 Å². The van der Waals surface area contributed by atoms with Gasteiger partial charge in [-0.15, -0.1) is 0 Å². The summed E-state index contributed by atoms with van der Waals surface area (Å²) < 4.78 is 35.9. The zero-order chi connectivity index (χ0) is 8.48. The Hall–Kier alpha value is -1.06. The van der Waals surface area contributed by atoms with E-state index in [9.17, 15) is 13.2 Å². The lowest BCUT2D eigenvalue weighted by molar-refractivity contribution is -0.137. The molecule has 0 unspecified atom stereocenters. The second kappa shape index (κ2) is 2.53. The standard InChI is InChI=1S/C7H5F3N/c1-5-4-11-3-2-6(5)7(8,9)10/h2-4H,1H2. The minimum atomic E-state index is -4.32. The predicted molar refractivity (Wildman–Crippen MR) is 33.7 cm³/mol. The second-order valence-corrected chi connectivity index (χ2v) is 2.03. The van der Waals surface area contributed by atoms with Gasteiger partial charge >= 0.3 is 6.18 Å². The molecule has 1 rings (SSSR count). The van der Waals surface area contributed by atoms with Crippen molar-refractivity contribution in [3.05, 3.63) is 36.5 Å². The fourth-order valence-electron chi connectivity index (χ4n) is 0.704. The van der Waals surface area contributed by atoms with Gasteiger partial charge in [-0.3, -0.25) is 4.98 Å². The van der Waals surface area contributed by atoms with Gasteiger partial charge in [-0.25, -0.2) is 0 Å². The fraction of sp³-hybridized carbons (Fsp3) is 0.143. The molecule has 0 spiro atoms. The molecule has 1 heterocycles. The topological polar surface area (TPSA) is 12.9 Å². The molecule has 0 bridgehead atoms. The zero-order valence-electron chi connectivity index (χ0n) is 5.52. The summed E-state index contributed by atoms with van der Waals surface area (Å²) in [7, 11) is 0. The largest absolute Gasteiger partial charge is 0.416 e. The van der Waals surface area contributed by atoms with Crippen LogP contribution in [0.25, 0.3) is 0 Å². The van der Waals surface area contributed by atoms with Crippen molar-refractivity contribution < 1.29 is 13.2 Å². The summed E-state index contributed by atoms with van der Waals surface area (Å²) in [5, 5.41) is 0. The second-order valence-electron chi connectivity index (χ2n) is 2.03. The van der Waals surface area contributed by atoms with Crippen molar-refractivity contribution in [2.75, 3.05) is 0 Å². The summed E-state index contributed by atoms with van der Waals surface area (Å²) in [6.07, 6.45) is -2.14. The first-order valence-electron chi connectivity index (χ1n) is 2.85. The molecule has 0 saturated carbocycles. The minimum Gasteiger partial charge on any atom is -0.264 e. The maximum absolute atomic E-state index is 12.0. The van der Waals surface area contributed by atoms with Gasteiger partial charge in [0.05, 0.1) is 5.56 Å². The molecule has 0 aliphatic carbocycles. The number of alkyl halides is 3. The minimum absolute atomic E-state index is 0.0972. The van der Waals surface area contributed by atoms with Crippen LogP contribution < -0.4 is 0 Å². The van der Waals surface area contributed by atoms with Crippen molar-refractivity contribution in [3.8, 4) is 0 Å². The molecule has 0 aliphatic heterocycles. The Kier molecular flexibility index (Phi) is 1.85. The average molecular weight is 160 g/mol. The van der Waals surface area contributed by atoms with Gasteiger partial charge in [-0.1, -0.05) is 0 Å². The van der Waals surface area contributed by atoms with Gasteiger partial charge in [-0.05, 0) is 18.6 Å². The Bertz CT molecular complexity index is 254. The predicted octanol–water partition coefficient (Wildman–Crippen LogP) is 2.28. The molecule has 0 amide bonds. The number of nitrogens with zero attached hydrogens (tertiary/aromatic N) is 1. The van der Waals surface area contributed by atoms with Gasteiger partial charge in [-0.2, -0.15) is 13.2 Å². The highest BCUT2D eigenvalue weighted by Crippen LogP contribution is 2.30. The van der Waals surface area contributed by atoms with E-state index in [0.29, 0.717) is 0 Å². The third-order valence-corrected chi connectivity index (χ3v) is 1.21. The van der Waals surface area contributed by atoms with Crippen molar-refractivity contribution in [3.63, 3.8) is 0 Å². The molecule has 0 aromatic carbocycles. The SMILES string of the molecule is [CH2]c1cnccc1C(F)(F)F. The highest BCUT2D eigenvalue weighted by atomic mass is 19.4. The molecule has 0 aliphatic rings. The number of aromatic nitrogens is 1. The Morgan fingerprint density at radius 2 is 2.00 bits per heavy atom. The molecular formula is C7H5F3N. The first kappa shape index (κ1) is 8.04. The first-order chi connectivity index (χ1) is 5.02. The Labute approximate surface area is 61.9 Å². The molecule has 0 fully saturated rings. The van der Waals surface area contributed by atoms with Crippen molar-refractivity contribution in [2.45, 2.75) is 6.18 Å². The molecule has 1 nitrogen and oxygen atoms in total. The lowest BCUT2D eigenvalue weighted by Gasteiger charge is -2.07. The molecular weight excluding hydrogens is 155 g/mol. The summed E-state index contributed by atoms with van der Waals surface area (Å²) in [5.41, 5.74) is -0.826. The average Bonchev–Trinajstić information content (AvgIpc) is 1.86. The molecule has 11 heavy (non-hydrogen) atoms. The van der Waals surface area contributed by atoms with Gasteiger partial charge in [0, 0.05) is 12.4 Å². The van der Waals surface area contributed by atoms with Gasteiger partial charge in [0.15, 0.2) is 0 Å². The van der Waals surface area contributed by atoms with Crippen LogP contribution in [0.15, 0.2) is 18.5 Å². The summed E-state index contributed by atoms with van der Waals surface area (Å²) >= 11 is 0. The molecule has 1 aromatic heterocycles. The van der Waals surface area contributed by atoms with E-state index >= 15 is 0 Å². The molecule has 59 valence electrons. The molecule has 1 radical (unpaired) electrons. The van der Waals surface area contributed by atoms with E-state index in [1.54, 1.807) is 0 Å². The van der Waals surface area contributed by atoms with Crippen molar-refractivity contribution in [2.24, 2.45) is 0 Å². The van der Waals surface area contributed by atoms with Crippen LogP contribution in [0, 0.1) is 6.92 Å². The van der Waals surface area contributed by atoms with Crippen LogP contribution in [0.1, 0.15) is 11.1 Å². The lowest BCUT2D eigenvalue weighted by Crippen LogP contribution is -2.07. The van der Waals surface area contributed by atoms with Crippen LogP contribution in [0.4, 0.5) is 13.2 Å². The lowest BCUT2D eigenvalue weighted by atomic mass is 10.1. The van der Waals surface area contributed by atoms with E-state index in [1.807, 2.05) is 0 Å². The monoisotopic (exact) mass is 160 g/mol. The quantitative estimate of drug-likeness (QED) is 0.567. The number of rotatable bonds is 0. The van der Waals surface area contributed by atoms with E-state index in [4.69, 9.17) is 0 Å². The maximum atomic E-state index is 12.0. The van der Waals surface area contributed by atoms with Crippen molar-refractivity contribution in [1.29, 1.82) is 0 Å². The van der Waals surface area contributed by atoms with Gasteiger partial charge in [0.2, 0.25) is 0 Å². The summed E-state index contributed by atoms with van der Waals surface area (Å²) in [6.45, 7) is 3.20. The molecule has 0 N–H and O–H groups in total. The normalized spacial score (nSPS) is 11.6. The zero-order valence-corrected chi connectivity index (χ0v) is 5.52. The van der Waals surface area contributed by atoms with Gasteiger partial charge < -0.3 is 0 Å². The maximum Gasteiger partial charge on any atom is 0.416 e. The van der Waals surface area contributed by atoms with E-state index in [1.165, 1.54) is 0 Å². The van der Waals surface area contributed by atoms with Crippen LogP contribution in [0.3, 0.4) is 0 Å². The Balaban J connectivity index is 3.14. The molecule has 4 heteroatoms. The van der Waals surface area contributed by atoms with Crippen molar-refractivity contribution in [1.82, 2.24) is 4.98 Å². The first-order valence-corrected chi connectivity index (χ1v) is 2.85. The highest BCUT2D eigenvalue weighted by Gasteiger charge is 2.31. The van der Waals surface area contributed by atoms with Crippen LogP contribution in [0.5, 0.6) is 0 Å². The molecule has 0 saturated heterocycles. The van der Waals surface area contributed by atoms with Crippen LogP contribution in [0.2, 0.25) is 0 Å². The van der Waals surface area contributed by atoms with E-state index in [-0.39, 0.29) is 5.56 Å². The van der Waals surface area contributed by atoms with Gasteiger partial charge in [0.25, 0.3) is 0 Å². The van der Waals surface area contributed by atoms with Gasteiger partial charge in [0.1, 0.15) is 0 Å². The van der Waals surface area contributed by atoms with Crippen LogP contribution in [-0.2, 0) is 6.18 Å². The summed E-state index contributed by atoms with van der Waals surface area (Å²) in [4.78, 5) is 3.50. The molecule has 0 atom stereocenters. The number of hydrogen-bond acceptors (Lipinski definition) is 1. The van der Waals surface area contributed by atoms with Crippen molar-refractivity contribution >= 4 is 0 Å². The molecule has 1 aromatic rings. The highest BCUT2D eigenvalue weighted by molar-refractivity contribution is 5.28. The fourth-order valence-corrected chi connectivity index (χ4v) is 0.704. The Morgan fingerprint density at radius 3 is 2.36 bits per heavy atom. The third kappa shape index (κ3) is 1.69. The summed E-state index contributed by atoms with van der Waals surface area (Å²) in [6, 6.07) is 0.905. The van der Waals surface area contributed by atoms with Crippen LogP contribution in [-0.4, -0.2) is 4.98 Å². The van der Waals surface area contributed by atoms with Crippen LogP contribution >= 0.6 is 0 Å². The number of pyridine rings is 1. The smallest absolute Gasteiger partial charge is 0.264 e. The number of hydrogen-bond donors (Lipinski definition) is 0. The van der Waals surface area contributed by atoms with E-state index in [0.717, 1.165) is 18.5 Å². The third-order valence-electron chi connectivity index (χ3n) is 1.21. The number of halogens is 3. The summed E-state index contributed by atoms with van der Waals surface area (Å²) in [5.74, 6) is 0.